The molecular weight excluding hydrogens is 339 g/mol. The van der Waals surface area contributed by atoms with Crippen LogP contribution in [0.2, 0.25) is 0 Å². The van der Waals surface area contributed by atoms with E-state index < -0.39 is 29.3 Å². The van der Waals surface area contributed by atoms with E-state index in [4.69, 9.17) is 0 Å². The van der Waals surface area contributed by atoms with Gasteiger partial charge in [-0.05, 0) is 37.5 Å². The number of aromatic nitrogens is 2. The molecule has 0 bridgehead atoms. The summed E-state index contributed by atoms with van der Waals surface area (Å²) in [5.74, 6) is -4.07. The first-order valence-electron chi connectivity index (χ1n) is 8.24. The van der Waals surface area contributed by atoms with Crippen molar-refractivity contribution >= 4 is 29.1 Å². The molecule has 8 heteroatoms. The van der Waals surface area contributed by atoms with Gasteiger partial charge in [0.1, 0.15) is 5.82 Å². The van der Waals surface area contributed by atoms with Crippen LogP contribution in [0.3, 0.4) is 0 Å². The fourth-order valence-corrected chi connectivity index (χ4v) is 3.56. The summed E-state index contributed by atoms with van der Waals surface area (Å²) < 4.78 is 14.0. The number of hydrogen-bond donors (Lipinski definition) is 1. The Bertz CT molecular complexity index is 932. The second-order valence-electron chi connectivity index (χ2n) is 6.43. The number of nitrogens with one attached hydrogen (secondary N) is 1. The second kappa shape index (κ2) is 5.98. The maximum absolute atomic E-state index is 14.0. The molecule has 7 nitrogen and oxygen atoms in total. The van der Waals surface area contributed by atoms with E-state index >= 15 is 0 Å². The van der Waals surface area contributed by atoms with Crippen LogP contribution in [-0.2, 0) is 16.0 Å². The van der Waals surface area contributed by atoms with Gasteiger partial charge in [0.2, 0.25) is 11.8 Å². The summed E-state index contributed by atoms with van der Waals surface area (Å²) in [6.45, 7) is 1.85. The summed E-state index contributed by atoms with van der Waals surface area (Å²) in [6.07, 6.45) is 5.33. The molecule has 2 unspecified atom stereocenters. The van der Waals surface area contributed by atoms with Gasteiger partial charge in [-0.25, -0.2) is 9.37 Å². The van der Waals surface area contributed by atoms with Crippen molar-refractivity contribution in [1.29, 1.82) is 0 Å². The van der Waals surface area contributed by atoms with Crippen LogP contribution in [0.4, 0.5) is 15.9 Å². The Morgan fingerprint density at radius 1 is 1.31 bits per heavy atom. The minimum absolute atomic E-state index is 0.0745. The molecular formula is C18H15FN4O3. The summed E-state index contributed by atoms with van der Waals surface area (Å²) in [5.41, 5.74) is 1.13. The molecule has 2 aliphatic rings. The maximum Gasteiger partial charge on any atom is 0.247 e. The second-order valence-corrected chi connectivity index (χ2v) is 6.43. The molecule has 0 fully saturated rings. The lowest BCUT2D eigenvalue weighted by Gasteiger charge is -2.41. The van der Waals surface area contributed by atoms with Crippen LogP contribution in [0.15, 0.2) is 30.7 Å². The first-order chi connectivity index (χ1) is 12.5. The first-order valence-corrected chi connectivity index (χ1v) is 8.24. The molecule has 0 aliphatic carbocycles. The van der Waals surface area contributed by atoms with Crippen LogP contribution in [-0.4, -0.2) is 33.6 Å². The molecule has 2 aromatic rings. The molecule has 2 amide bonds. The highest BCUT2D eigenvalue weighted by atomic mass is 19.1. The van der Waals surface area contributed by atoms with Crippen LogP contribution in [0.5, 0.6) is 0 Å². The molecule has 0 saturated carbocycles. The van der Waals surface area contributed by atoms with Gasteiger partial charge in [0.25, 0.3) is 0 Å². The van der Waals surface area contributed by atoms with Crippen LogP contribution in [0.1, 0.15) is 29.3 Å². The van der Waals surface area contributed by atoms with E-state index in [9.17, 15) is 18.8 Å². The van der Waals surface area contributed by atoms with E-state index in [1.807, 2.05) is 6.92 Å². The molecule has 3 heterocycles. The number of carbonyl (C=O) groups is 3. The normalized spacial score (nSPS) is 21.4. The van der Waals surface area contributed by atoms with Gasteiger partial charge in [0.15, 0.2) is 17.5 Å². The Labute approximate surface area is 148 Å². The highest BCUT2D eigenvalue weighted by Crippen LogP contribution is 2.40. The molecule has 1 aromatic carbocycles. The fourth-order valence-electron chi connectivity index (χ4n) is 3.56. The number of halogens is 1. The van der Waals surface area contributed by atoms with Crippen molar-refractivity contribution < 1.29 is 18.8 Å². The van der Waals surface area contributed by atoms with Crippen molar-refractivity contribution in [2.45, 2.75) is 25.8 Å². The average Bonchev–Trinajstić information content (AvgIpc) is 2.61. The Balaban J connectivity index is 1.77. The van der Waals surface area contributed by atoms with Crippen LogP contribution in [0.25, 0.3) is 0 Å². The van der Waals surface area contributed by atoms with Crippen molar-refractivity contribution in [3.63, 3.8) is 0 Å². The Hall–Kier alpha value is -3.16. The van der Waals surface area contributed by atoms with Crippen molar-refractivity contribution in [2.24, 2.45) is 5.92 Å². The average molecular weight is 354 g/mol. The highest BCUT2D eigenvalue weighted by Gasteiger charge is 2.47. The zero-order chi connectivity index (χ0) is 18.4. The van der Waals surface area contributed by atoms with Crippen molar-refractivity contribution in [2.75, 3.05) is 10.2 Å². The largest absolute Gasteiger partial charge is 0.308 e. The third-order valence-corrected chi connectivity index (χ3v) is 4.76. The predicted octanol–water partition coefficient (Wildman–Crippen LogP) is 1.73. The molecule has 1 N–H and O–H groups in total. The number of benzene rings is 1. The summed E-state index contributed by atoms with van der Waals surface area (Å²) in [4.78, 5) is 47.6. The van der Waals surface area contributed by atoms with Crippen LogP contribution >= 0.6 is 0 Å². The van der Waals surface area contributed by atoms with Crippen molar-refractivity contribution in [3.8, 4) is 0 Å². The van der Waals surface area contributed by atoms with Gasteiger partial charge in [0.05, 0.1) is 11.9 Å². The van der Waals surface area contributed by atoms with Gasteiger partial charge in [0, 0.05) is 24.0 Å². The van der Waals surface area contributed by atoms with Gasteiger partial charge >= 0.3 is 0 Å². The van der Waals surface area contributed by atoms with Gasteiger partial charge < -0.3 is 10.2 Å². The number of aryl methyl sites for hydroxylation is 1. The number of amides is 2. The molecule has 0 saturated heterocycles. The third kappa shape index (κ3) is 2.45. The summed E-state index contributed by atoms with van der Waals surface area (Å²) in [7, 11) is 0. The Morgan fingerprint density at radius 3 is 2.85 bits per heavy atom. The number of nitrogens with zero attached hydrogens (tertiary/aromatic N) is 3. The number of Topliss-reactive ketones (excluding diaryl/α,β-unsaturated/α-hetero) is 1. The van der Waals surface area contributed by atoms with E-state index in [1.165, 1.54) is 29.6 Å². The third-order valence-electron chi connectivity index (χ3n) is 4.76. The number of anilines is 2. The number of carbonyl (C=O) groups excluding carboxylic acids is 3. The first kappa shape index (κ1) is 16.3. The Morgan fingerprint density at radius 2 is 2.12 bits per heavy atom. The lowest BCUT2D eigenvalue weighted by molar-refractivity contribution is -0.129. The minimum atomic E-state index is -1.57. The van der Waals surface area contributed by atoms with Gasteiger partial charge in [-0.1, -0.05) is 0 Å². The van der Waals surface area contributed by atoms with Gasteiger partial charge in [-0.2, -0.15) is 0 Å². The zero-order valence-corrected chi connectivity index (χ0v) is 13.9. The molecule has 2 atom stereocenters. The highest BCUT2D eigenvalue weighted by molar-refractivity contribution is 6.33. The monoisotopic (exact) mass is 354 g/mol. The summed E-state index contributed by atoms with van der Waals surface area (Å²) in [5, 5.41) is 2.44. The lowest BCUT2D eigenvalue weighted by atomic mass is 9.83. The van der Waals surface area contributed by atoms with Crippen LogP contribution in [0, 0.1) is 11.7 Å². The van der Waals surface area contributed by atoms with Gasteiger partial charge in [-0.3, -0.25) is 19.4 Å². The quantitative estimate of drug-likeness (QED) is 0.829. The van der Waals surface area contributed by atoms with E-state index in [0.717, 1.165) is 6.07 Å². The van der Waals surface area contributed by atoms with E-state index in [1.54, 1.807) is 0 Å². The number of hydrogen-bond acceptors (Lipinski definition) is 5. The zero-order valence-electron chi connectivity index (χ0n) is 13.9. The standard InChI is InChI=1S/C18H15FN4O3/c1-9-2-3-10-6-11(19)7-12-15(10)23(9)18(26)14(16(12)24)17(25)22-13-8-20-4-5-21-13/h4-9,14H,2-3H2,1H3,(H,21,22,25). The predicted molar refractivity (Wildman–Crippen MR) is 90.2 cm³/mol. The van der Waals surface area contributed by atoms with Crippen molar-refractivity contribution in [3.05, 3.63) is 47.7 Å². The van der Waals surface area contributed by atoms with Crippen molar-refractivity contribution in [1.82, 2.24) is 9.97 Å². The van der Waals surface area contributed by atoms with Gasteiger partial charge in [-0.15, -0.1) is 0 Å². The summed E-state index contributed by atoms with van der Waals surface area (Å²) >= 11 is 0. The molecule has 26 heavy (non-hydrogen) atoms. The number of rotatable bonds is 2. The fraction of sp³-hybridized carbons (Fsp3) is 0.278. The SMILES string of the molecule is CC1CCc2cc(F)cc3c2N1C(=O)C(C(=O)Nc1cnccn1)C3=O. The lowest BCUT2D eigenvalue weighted by Crippen LogP contribution is -2.54. The number of ketones is 1. The molecule has 0 spiro atoms. The van der Waals surface area contributed by atoms with E-state index in [-0.39, 0.29) is 17.4 Å². The van der Waals surface area contributed by atoms with E-state index in [0.29, 0.717) is 24.1 Å². The van der Waals surface area contributed by atoms with Crippen LogP contribution < -0.4 is 10.2 Å². The minimum Gasteiger partial charge on any atom is -0.308 e. The molecule has 132 valence electrons. The van der Waals surface area contributed by atoms with E-state index in [2.05, 4.69) is 15.3 Å². The maximum atomic E-state index is 14.0. The topological polar surface area (TPSA) is 92.3 Å². The summed E-state index contributed by atoms with van der Waals surface area (Å²) in [6, 6.07) is 2.26. The molecule has 4 rings (SSSR count). The molecule has 2 aliphatic heterocycles. The molecule has 0 radical (unpaired) electrons. The molecule has 1 aromatic heterocycles. The smallest absolute Gasteiger partial charge is 0.247 e. The Kier molecular flexibility index (Phi) is 3.75.